The molecule has 0 bridgehead atoms. The Bertz CT molecular complexity index is 735. The van der Waals surface area contributed by atoms with Gasteiger partial charge in [0, 0.05) is 17.6 Å². The van der Waals surface area contributed by atoms with Crippen molar-refractivity contribution in [3.8, 4) is 0 Å². The van der Waals surface area contributed by atoms with Gasteiger partial charge in [-0.15, -0.1) is 0 Å². The minimum absolute atomic E-state index is 0.0855. The summed E-state index contributed by atoms with van der Waals surface area (Å²) in [4.78, 5) is 26.6. The molecule has 0 spiro atoms. The van der Waals surface area contributed by atoms with Crippen LogP contribution in [0.2, 0.25) is 0 Å². The summed E-state index contributed by atoms with van der Waals surface area (Å²) < 4.78 is 6.56. The number of ether oxygens (including phenoxy) is 1. The van der Waals surface area contributed by atoms with Gasteiger partial charge in [0.1, 0.15) is 10.9 Å². The molecule has 1 aromatic rings. The molecule has 132 valence electrons. The predicted molar refractivity (Wildman–Crippen MR) is 105 cm³/mol. The zero-order valence-electron chi connectivity index (χ0n) is 13.2. The van der Waals surface area contributed by atoms with Crippen molar-refractivity contribution in [3.63, 3.8) is 0 Å². The quantitative estimate of drug-likeness (QED) is 0.569. The van der Waals surface area contributed by atoms with Gasteiger partial charge in [0.15, 0.2) is 0 Å². The molecular formula is C16H16BrN3O3S2. The normalized spacial score (nSPS) is 20.4. The van der Waals surface area contributed by atoms with Crippen LogP contribution >= 0.6 is 39.9 Å². The molecule has 0 radical (unpaired) electrons. The largest absolute Gasteiger partial charge is 0.379 e. The number of thiocarbonyl (C=S) groups is 1. The Hall–Kier alpha value is -1.26. The van der Waals surface area contributed by atoms with E-state index in [4.69, 9.17) is 17.0 Å². The Morgan fingerprint density at radius 3 is 2.88 bits per heavy atom. The Morgan fingerprint density at radius 2 is 2.16 bits per heavy atom. The van der Waals surface area contributed by atoms with Gasteiger partial charge < -0.3 is 4.74 Å². The summed E-state index contributed by atoms with van der Waals surface area (Å²) in [6.45, 7) is 2.34. The summed E-state index contributed by atoms with van der Waals surface area (Å²) in [5.41, 5.74) is 3.68. The SMILES string of the molecule is O=C(CN1C(=O)/C(=C/c2cccc(Br)c2)SC1=S)NN1CCOCC1. The fourth-order valence-corrected chi connectivity index (χ4v) is 4.09. The number of thioether (sulfide) groups is 1. The maximum atomic E-state index is 12.6. The predicted octanol–water partition coefficient (Wildman–Crippen LogP) is 2.01. The highest BCUT2D eigenvalue weighted by Gasteiger charge is 2.33. The van der Waals surface area contributed by atoms with Gasteiger partial charge in [-0.05, 0) is 23.8 Å². The van der Waals surface area contributed by atoms with Gasteiger partial charge in [-0.25, -0.2) is 5.01 Å². The number of benzene rings is 1. The van der Waals surface area contributed by atoms with E-state index >= 15 is 0 Å². The van der Waals surface area contributed by atoms with Crippen LogP contribution in [-0.2, 0) is 14.3 Å². The first-order valence-corrected chi connectivity index (χ1v) is 9.68. The third-order valence-corrected chi connectivity index (χ3v) is 5.49. The minimum atomic E-state index is -0.262. The van der Waals surface area contributed by atoms with Crippen molar-refractivity contribution in [2.75, 3.05) is 32.8 Å². The van der Waals surface area contributed by atoms with E-state index in [2.05, 4.69) is 21.4 Å². The number of carbonyl (C=O) groups is 2. The number of carbonyl (C=O) groups excluding carboxylic acids is 2. The Kier molecular flexibility index (Phi) is 6.24. The van der Waals surface area contributed by atoms with Crippen LogP contribution < -0.4 is 5.43 Å². The highest BCUT2D eigenvalue weighted by Crippen LogP contribution is 2.32. The molecule has 0 saturated carbocycles. The first-order valence-electron chi connectivity index (χ1n) is 7.66. The van der Waals surface area contributed by atoms with Crippen molar-refractivity contribution < 1.29 is 14.3 Å². The number of nitrogens with one attached hydrogen (secondary N) is 1. The molecule has 1 aromatic carbocycles. The number of hydrazine groups is 1. The summed E-state index contributed by atoms with van der Waals surface area (Å²) in [5, 5.41) is 1.79. The van der Waals surface area contributed by atoms with Crippen molar-refractivity contribution in [1.29, 1.82) is 0 Å². The molecule has 0 unspecified atom stereocenters. The lowest BCUT2D eigenvalue weighted by atomic mass is 10.2. The van der Waals surface area contributed by atoms with Crippen molar-refractivity contribution >= 4 is 62.1 Å². The van der Waals surface area contributed by atoms with Crippen LogP contribution in [0.25, 0.3) is 6.08 Å². The Balaban J connectivity index is 1.63. The molecule has 2 aliphatic rings. The Labute approximate surface area is 163 Å². The van der Waals surface area contributed by atoms with E-state index in [1.165, 1.54) is 16.7 Å². The average Bonchev–Trinajstić information content (AvgIpc) is 2.83. The molecule has 2 amide bonds. The van der Waals surface area contributed by atoms with Crippen LogP contribution in [0.1, 0.15) is 5.56 Å². The Morgan fingerprint density at radius 1 is 1.40 bits per heavy atom. The van der Waals surface area contributed by atoms with Crippen LogP contribution in [0.5, 0.6) is 0 Å². The van der Waals surface area contributed by atoms with Crippen LogP contribution in [0.3, 0.4) is 0 Å². The van der Waals surface area contributed by atoms with Crippen LogP contribution in [0, 0.1) is 0 Å². The smallest absolute Gasteiger partial charge is 0.266 e. The van der Waals surface area contributed by atoms with Crippen molar-refractivity contribution in [2.45, 2.75) is 0 Å². The maximum Gasteiger partial charge on any atom is 0.266 e. The summed E-state index contributed by atoms with van der Waals surface area (Å²) in [5.74, 6) is -0.506. The fourth-order valence-electron chi connectivity index (χ4n) is 2.41. The molecule has 2 aliphatic heterocycles. The van der Waals surface area contributed by atoms with Crippen molar-refractivity contribution in [2.24, 2.45) is 0 Å². The van der Waals surface area contributed by atoms with Gasteiger partial charge >= 0.3 is 0 Å². The number of hydrogen-bond acceptors (Lipinski definition) is 6. The number of amides is 2. The number of morpholine rings is 1. The van der Waals surface area contributed by atoms with Gasteiger partial charge in [-0.1, -0.05) is 52.0 Å². The van der Waals surface area contributed by atoms with E-state index in [1.54, 1.807) is 11.1 Å². The van der Waals surface area contributed by atoms with Crippen LogP contribution in [-0.4, -0.2) is 58.9 Å². The van der Waals surface area contributed by atoms with E-state index < -0.39 is 0 Å². The molecule has 9 heteroatoms. The monoisotopic (exact) mass is 441 g/mol. The highest BCUT2D eigenvalue weighted by molar-refractivity contribution is 9.10. The molecule has 6 nitrogen and oxygen atoms in total. The first-order chi connectivity index (χ1) is 12.0. The van der Waals surface area contributed by atoms with E-state index in [1.807, 2.05) is 24.3 Å². The van der Waals surface area contributed by atoms with Gasteiger partial charge in [0.25, 0.3) is 11.8 Å². The average molecular weight is 442 g/mol. The van der Waals surface area contributed by atoms with Gasteiger partial charge in [-0.3, -0.25) is 19.9 Å². The molecule has 2 heterocycles. The minimum Gasteiger partial charge on any atom is -0.379 e. The molecule has 3 rings (SSSR count). The fraction of sp³-hybridized carbons (Fsp3) is 0.312. The van der Waals surface area contributed by atoms with Crippen molar-refractivity contribution in [3.05, 3.63) is 39.2 Å². The second-order valence-corrected chi connectivity index (χ2v) is 8.05. The molecule has 1 N–H and O–H groups in total. The number of halogens is 1. The third-order valence-electron chi connectivity index (χ3n) is 3.62. The molecular weight excluding hydrogens is 426 g/mol. The number of rotatable bonds is 4. The summed E-state index contributed by atoms with van der Waals surface area (Å²) >= 11 is 9.88. The van der Waals surface area contributed by atoms with E-state index in [0.29, 0.717) is 35.5 Å². The van der Waals surface area contributed by atoms with Gasteiger partial charge in [0.2, 0.25) is 0 Å². The maximum absolute atomic E-state index is 12.6. The third kappa shape index (κ3) is 4.89. The molecule has 0 atom stereocenters. The van der Waals surface area contributed by atoms with Crippen LogP contribution in [0.4, 0.5) is 0 Å². The van der Waals surface area contributed by atoms with Crippen LogP contribution in [0.15, 0.2) is 33.6 Å². The molecule has 0 aromatic heterocycles. The van der Waals surface area contributed by atoms with Crippen molar-refractivity contribution in [1.82, 2.24) is 15.3 Å². The molecule has 2 saturated heterocycles. The highest BCUT2D eigenvalue weighted by atomic mass is 79.9. The summed E-state index contributed by atoms with van der Waals surface area (Å²) in [6.07, 6.45) is 1.78. The first kappa shape index (κ1) is 18.5. The topological polar surface area (TPSA) is 61.9 Å². The second-order valence-electron chi connectivity index (χ2n) is 5.46. The summed E-state index contributed by atoms with van der Waals surface area (Å²) in [6, 6.07) is 7.63. The van der Waals surface area contributed by atoms with Gasteiger partial charge in [-0.2, -0.15) is 0 Å². The zero-order valence-corrected chi connectivity index (χ0v) is 16.5. The van der Waals surface area contributed by atoms with Gasteiger partial charge in [0.05, 0.1) is 18.1 Å². The molecule has 0 aliphatic carbocycles. The lowest BCUT2D eigenvalue weighted by Gasteiger charge is -2.27. The standard InChI is InChI=1S/C16H16BrN3O3S2/c17-12-3-1-2-11(8-12)9-13-15(22)20(16(24)25-13)10-14(21)18-19-4-6-23-7-5-19/h1-3,8-9H,4-7,10H2,(H,18,21)/b13-9-. The van der Waals surface area contributed by atoms with E-state index in [-0.39, 0.29) is 18.4 Å². The lowest BCUT2D eigenvalue weighted by molar-refractivity contribution is -0.132. The second kappa shape index (κ2) is 8.41. The van der Waals surface area contributed by atoms with E-state index in [9.17, 15) is 9.59 Å². The number of nitrogens with zero attached hydrogens (tertiary/aromatic N) is 2. The molecule has 25 heavy (non-hydrogen) atoms. The zero-order chi connectivity index (χ0) is 17.8. The number of hydrogen-bond donors (Lipinski definition) is 1. The lowest BCUT2D eigenvalue weighted by Crippen LogP contribution is -2.51. The molecule has 2 fully saturated rings. The summed E-state index contributed by atoms with van der Waals surface area (Å²) in [7, 11) is 0. The van der Waals surface area contributed by atoms with E-state index in [0.717, 1.165) is 10.0 Å².